The Morgan fingerprint density at radius 2 is 1.38 bits per heavy atom. The molecule has 244 valence electrons. The first kappa shape index (κ1) is 33.9. The molecule has 0 amide bonds. The molecule has 4 rings (SSSR count). The van der Waals surface area contributed by atoms with Crippen molar-refractivity contribution in [1.29, 1.82) is 0 Å². The average molecular weight is 649 g/mol. The van der Waals surface area contributed by atoms with Crippen LogP contribution in [0.5, 0.6) is 23.0 Å². The van der Waals surface area contributed by atoms with Crippen LogP contribution in [-0.4, -0.2) is 12.7 Å². The van der Waals surface area contributed by atoms with Gasteiger partial charge in [0.2, 0.25) is 0 Å². The summed E-state index contributed by atoms with van der Waals surface area (Å²) in [4.78, 5) is 0. The minimum absolute atomic E-state index is 0.0296. The third-order valence-corrected chi connectivity index (χ3v) is 7.31. The molecule has 3 aromatic carbocycles. The van der Waals surface area contributed by atoms with Gasteiger partial charge in [0.05, 0.1) is 12.5 Å². The summed E-state index contributed by atoms with van der Waals surface area (Å²) in [6, 6.07) is 9.41. The molecule has 0 heterocycles. The van der Waals surface area contributed by atoms with E-state index in [1.54, 1.807) is 0 Å². The first-order valence-corrected chi connectivity index (χ1v) is 14.1. The molecule has 0 aromatic heterocycles. The van der Waals surface area contributed by atoms with Gasteiger partial charge in [-0.05, 0) is 67.9 Å². The lowest BCUT2D eigenvalue weighted by Gasteiger charge is -2.33. The lowest BCUT2D eigenvalue weighted by atomic mass is 9.78. The van der Waals surface area contributed by atoms with Gasteiger partial charge in [0.15, 0.2) is 23.6 Å². The van der Waals surface area contributed by atoms with Gasteiger partial charge in [0.25, 0.3) is 0 Å². The molecule has 1 saturated carbocycles. The molecule has 1 aliphatic carbocycles. The van der Waals surface area contributed by atoms with E-state index in [1.165, 1.54) is 30.3 Å². The molecule has 0 unspecified atom stereocenters. The van der Waals surface area contributed by atoms with Crippen LogP contribution in [0.15, 0.2) is 66.9 Å². The van der Waals surface area contributed by atoms with Gasteiger partial charge in [0, 0.05) is 18.2 Å². The van der Waals surface area contributed by atoms with Crippen molar-refractivity contribution < 1.29 is 58.5 Å². The zero-order chi connectivity index (χ0) is 32.8. The largest absolute Gasteiger partial charge is 0.493 e. The van der Waals surface area contributed by atoms with Crippen molar-refractivity contribution >= 4 is 0 Å². The summed E-state index contributed by atoms with van der Waals surface area (Å²) >= 11 is 0. The number of hydrogen-bond donors (Lipinski definition) is 0. The van der Waals surface area contributed by atoms with Crippen LogP contribution in [-0.2, 0) is 6.11 Å². The first-order valence-electron chi connectivity index (χ1n) is 14.1. The lowest BCUT2D eigenvalue weighted by molar-refractivity contribution is -0.222. The molecule has 0 radical (unpaired) electrons. The molecular weight excluding hydrogens is 619 g/mol. The van der Waals surface area contributed by atoms with Crippen molar-refractivity contribution in [2.45, 2.75) is 63.6 Å². The lowest BCUT2D eigenvalue weighted by Crippen LogP contribution is -2.37. The Kier molecular flexibility index (Phi) is 10.8. The molecule has 0 spiro atoms. The zero-order valence-electron chi connectivity index (χ0n) is 23.9. The standard InChI is InChI=1S/C32H29F9O4/c1-2-3-14-42-23-12-13-25(26(33)15-23)32(40,41)44-22-10-6-20(7-11-22)19-4-8-21(9-5-19)31(38,39)45-24-16-27(34)30(28(35)17-24)43-18-29(36)37/h6-7,10-13,15-19,21H,2-5,8-9,14H2,1H3. The van der Waals surface area contributed by atoms with Crippen LogP contribution < -0.4 is 18.9 Å². The van der Waals surface area contributed by atoms with E-state index < -0.39 is 58.7 Å². The van der Waals surface area contributed by atoms with E-state index >= 15 is 0 Å². The van der Waals surface area contributed by atoms with E-state index in [9.17, 15) is 39.5 Å². The minimum Gasteiger partial charge on any atom is -0.493 e. The highest BCUT2D eigenvalue weighted by atomic mass is 19.3. The number of halogens is 9. The fraction of sp³-hybridized carbons (Fsp3) is 0.375. The second kappa shape index (κ2) is 14.4. The molecule has 45 heavy (non-hydrogen) atoms. The Morgan fingerprint density at radius 3 is 1.96 bits per heavy atom. The molecule has 3 aromatic rings. The Morgan fingerprint density at radius 1 is 0.778 bits per heavy atom. The Hall–Kier alpha value is -4.03. The van der Waals surface area contributed by atoms with Gasteiger partial charge in [0.1, 0.15) is 28.6 Å². The Balaban J connectivity index is 1.33. The number of alkyl halides is 4. The second-order valence-electron chi connectivity index (χ2n) is 10.5. The number of hydrogen-bond acceptors (Lipinski definition) is 4. The number of benzene rings is 3. The van der Waals surface area contributed by atoms with E-state index in [0.717, 1.165) is 25.0 Å². The SMILES string of the molecule is CCCCOc1ccc(C(F)(F)Oc2ccc(C3CCC(C(F)(F)Oc4cc(F)c(OC=C(F)F)c(F)c4)CC3)cc2)c(F)c1. The predicted octanol–water partition coefficient (Wildman–Crippen LogP) is 10.5. The molecule has 1 aliphatic rings. The molecule has 0 saturated heterocycles. The van der Waals surface area contributed by atoms with Crippen molar-refractivity contribution in [1.82, 2.24) is 0 Å². The maximum absolute atomic E-state index is 14.9. The molecule has 0 atom stereocenters. The highest BCUT2D eigenvalue weighted by molar-refractivity contribution is 5.36. The van der Waals surface area contributed by atoms with Gasteiger partial charge in [-0.1, -0.05) is 25.5 Å². The third kappa shape index (κ3) is 8.79. The summed E-state index contributed by atoms with van der Waals surface area (Å²) in [6.45, 7) is 2.27. The summed E-state index contributed by atoms with van der Waals surface area (Å²) in [7, 11) is 0. The summed E-state index contributed by atoms with van der Waals surface area (Å²) in [5.74, 6) is -7.87. The van der Waals surface area contributed by atoms with E-state index in [2.05, 4.69) is 9.47 Å². The topological polar surface area (TPSA) is 36.9 Å². The van der Waals surface area contributed by atoms with Crippen molar-refractivity contribution in [3.63, 3.8) is 0 Å². The smallest absolute Gasteiger partial charge is 0.429 e. The molecule has 0 bridgehead atoms. The van der Waals surface area contributed by atoms with E-state index in [4.69, 9.17) is 9.47 Å². The van der Waals surface area contributed by atoms with Crippen LogP contribution in [0.1, 0.15) is 62.5 Å². The fourth-order valence-electron chi connectivity index (χ4n) is 4.98. The second-order valence-corrected chi connectivity index (χ2v) is 10.5. The number of unbranched alkanes of at least 4 members (excludes halogenated alkanes) is 1. The normalized spacial score (nSPS) is 17.0. The van der Waals surface area contributed by atoms with Gasteiger partial charge in [-0.25, -0.2) is 13.2 Å². The summed E-state index contributed by atoms with van der Waals surface area (Å²) in [6.07, 6.45) is -8.28. The van der Waals surface area contributed by atoms with Crippen LogP contribution >= 0.6 is 0 Å². The molecule has 0 aliphatic heterocycles. The minimum atomic E-state index is -3.99. The highest BCUT2D eigenvalue weighted by Gasteiger charge is 2.44. The highest BCUT2D eigenvalue weighted by Crippen LogP contribution is 2.44. The maximum atomic E-state index is 14.9. The molecular formula is C32H29F9O4. The Bertz CT molecular complexity index is 1440. The van der Waals surface area contributed by atoms with Crippen molar-refractivity contribution in [2.75, 3.05) is 6.61 Å². The van der Waals surface area contributed by atoms with Crippen molar-refractivity contribution in [2.24, 2.45) is 5.92 Å². The van der Waals surface area contributed by atoms with Gasteiger partial charge in [-0.15, -0.1) is 0 Å². The van der Waals surface area contributed by atoms with E-state index in [0.29, 0.717) is 24.3 Å². The van der Waals surface area contributed by atoms with Crippen LogP contribution in [0.2, 0.25) is 0 Å². The zero-order valence-corrected chi connectivity index (χ0v) is 23.9. The summed E-state index contributed by atoms with van der Waals surface area (Å²) < 4.78 is 145. The fourth-order valence-corrected chi connectivity index (χ4v) is 4.98. The maximum Gasteiger partial charge on any atom is 0.429 e. The predicted molar refractivity (Wildman–Crippen MR) is 145 cm³/mol. The monoisotopic (exact) mass is 648 g/mol. The van der Waals surface area contributed by atoms with E-state index in [1.807, 2.05) is 6.92 Å². The Labute approximate surface area is 253 Å². The third-order valence-electron chi connectivity index (χ3n) is 7.31. The number of rotatable bonds is 13. The van der Waals surface area contributed by atoms with Crippen LogP contribution in [0.25, 0.3) is 0 Å². The average Bonchev–Trinajstić information content (AvgIpc) is 2.97. The van der Waals surface area contributed by atoms with E-state index in [-0.39, 0.29) is 49.4 Å². The van der Waals surface area contributed by atoms with Crippen molar-refractivity contribution in [3.8, 4) is 23.0 Å². The summed E-state index contributed by atoms with van der Waals surface area (Å²) in [5, 5.41) is 0. The molecule has 4 nitrogen and oxygen atoms in total. The van der Waals surface area contributed by atoms with Crippen molar-refractivity contribution in [3.05, 3.63) is 95.5 Å². The molecule has 1 fully saturated rings. The van der Waals surface area contributed by atoms with Gasteiger partial charge in [-0.2, -0.15) is 26.3 Å². The number of ether oxygens (including phenoxy) is 4. The molecule has 0 N–H and O–H groups in total. The first-order chi connectivity index (χ1) is 21.3. The van der Waals surface area contributed by atoms with Crippen LogP contribution in [0.4, 0.5) is 39.5 Å². The van der Waals surface area contributed by atoms with Crippen LogP contribution in [0.3, 0.4) is 0 Å². The molecule has 13 heteroatoms. The van der Waals surface area contributed by atoms with Gasteiger partial charge in [-0.3, -0.25) is 0 Å². The summed E-state index contributed by atoms with van der Waals surface area (Å²) in [5.41, 5.74) is -0.276. The van der Waals surface area contributed by atoms with Gasteiger partial charge < -0.3 is 18.9 Å². The van der Waals surface area contributed by atoms with Crippen LogP contribution in [0, 0.1) is 23.4 Å². The van der Waals surface area contributed by atoms with Gasteiger partial charge >= 0.3 is 18.3 Å². The quantitative estimate of drug-likeness (QED) is 0.105.